The van der Waals surface area contributed by atoms with Crippen LogP contribution in [0.2, 0.25) is 0 Å². The van der Waals surface area contributed by atoms with Gasteiger partial charge >= 0.3 is 0 Å². The third-order valence-corrected chi connectivity index (χ3v) is 2.54. The molecule has 0 aliphatic rings. The molecule has 0 heterocycles. The first-order chi connectivity index (χ1) is 7.41. The number of hydrogen-bond acceptors (Lipinski definition) is 3. The lowest BCUT2D eigenvalue weighted by atomic mass is 10.2. The minimum atomic E-state index is -0.637. The van der Waals surface area contributed by atoms with Crippen LogP contribution < -0.4 is 5.32 Å². The molecule has 0 saturated heterocycles. The molecular weight excluding hydrogens is 279 g/mol. The smallest absolute Gasteiger partial charge is 0.295 e. The summed E-state index contributed by atoms with van der Waals surface area (Å²) in [6.07, 6.45) is 0. The van der Waals surface area contributed by atoms with Crippen LogP contribution >= 0.6 is 15.9 Å². The van der Waals surface area contributed by atoms with Crippen LogP contribution in [0.4, 0.5) is 15.8 Å². The second-order valence-electron chi connectivity index (χ2n) is 3.82. The van der Waals surface area contributed by atoms with Gasteiger partial charge < -0.3 is 5.32 Å². The molecule has 1 N–H and O–H groups in total. The zero-order chi connectivity index (χ0) is 12.3. The van der Waals surface area contributed by atoms with Crippen molar-refractivity contribution in [3.05, 3.63) is 32.5 Å². The Morgan fingerprint density at radius 1 is 1.56 bits per heavy atom. The third kappa shape index (κ3) is 3.16. The van der Waals surface area contributed by atoms with Gasteiger partial charge in [0.25, 0.3) is 5.69 Å². The molecule has 0 unspecified atom stereocenters. The molecule has 0 bridgehead atoms. The van der Waals surface area contributed by atoms with Gasteiger partial charge in [-0.25, -0.2) is 4.39 Å². The molecule has 4 nitrogen and oxygen atoms in total. The lowest BCUT2D eigenvalue weighted by Gasteiger charge is -2.10. The van der Waals surface area contributed by atoms with Crippen molar-refractivity contribution in [3.63, 3.8) is 0 Å². The minimum Gasteiger partial charge on any atom is -0.379 e. The lowest BCUT2D eigenvalue weighted by molar-refractivity contribution is -0.384. The molecule has 0 spiro atoms. The zero-order valence-electron chi connectivity index (χ0n) is 8.96. The van der Waals surface area contributed by atoms with Crippen molar-refractivity contribution < 1.29 is 9.31 Å². The number of benzene rings is 1. The van der Waals surface area contributed by atoms with E-state index in [0.717, 1.165) is 6.07 Å². The van der Waals surface area contributed by atoms with Crippen LogP contribution in [0, 0.1) is 21.8 Å². The number of anilines is 1. The molecule has 0 aliphatic heterocycles. The standard InChI is InChI=1S/C10H12BrFN2O2/c1-6(2)5-13-9-3-7(11)8(12)4-10(9)14(15)16/h3-4,6,13H,5H2,1-2H3. The van der Waals surface area contributed by atoms with Crippen LogP contribution in [0.3, 0.4) is 0 Å². The van der Waals surface area contributed by atoms with Crippen molar-refractivity contribution in [2.45, 2.75) is 13.8 Å². The summed E-state index contributed by atoms with van der Waals surface area (Å²) in [6.45, 7) is 4.56. The Morgan fingerprint density at radius 3 is 2.69 bits per heavy atom. The van der Waals surface area contributed by atoms with Gasteiger partial charge in [0.15, 0.2) is 0 Å². The fourth-order valence-corrected chi connectivity index (χ4v) is 1.49. The summed E-state index contributed by atoms with van der Waals surface area (Å²) in [5, 5.41) is 13.6. The fourth-order valence-electron chi connectivity index (χ4n) is 1.14. The highest BCUT2D eigenvalue weighted by Crippen LogP contribution is 2.30. The molecule has 0 saturated carbocycles. The largest absolute Gasteiger partial charge is 0.379 e. The van der Waals surface area contributed by atoms with Gasteiger partial charge in [-0.2, -0.15) is 0 Å². The second-order valence-corrected chi connectivity index (χ2v) is 4.67. The van der Waals surface area contributed by atoms with Crippen molar-refractivity contribution in [2.24, 2.45) is 5.92 Å². The van der Waals surface area contributed by atoms with E-state index < -0.39 is 10.7 Å². The summed E-state index contributed by atoms with van der Waals surface area (Å²) < 4.78 is 13.4. The van der Waals surface area contributed by atoms with E-state index in [1.54, 1.807) is 0 Å². The fraction of sp³-hybridized carbons (Fsp3) is 0.400. The zero-order valence-corrected chi connectivity index (χ0v) is 10.5. The van der Waals surface area contributed by atoms with Crippen LogP contribution in [0.15, 0.2) is 16.6 Å². The molecular formula is C10H12BrFN2O2. The molecule has 0 amide bonds. The molecule has 6 heteroatoms. The highest BCUT2D eigenvalue weighted by atomic mass is 79.9. The highest BCUT2D eigenvalue weighted by molar-refractivity contribution is 9.10. The summed E-state index contributed by atoms with van der Waals surface area (Å²) >= 11 is 3.00. The summed E-state index contributed by atoms with van der Waals surface area (Å²) in [5.74, 6) is -0.287. The first-order valence-electron chi connectivity index (χ1n) is 4.79. The summed E-state index contributed by atoms with van der Waals surface area (Å²) in [4.78, 5) is 10.1. The maximum absolute atomic E-state index is 13.1. The van der Waals surface area contributed by atoms with Gasteiger partial charge in [0.2, 0.25) is 0 Å². The van der Waals surface area contributed by atoms with Crippen molar-refractivity contribution in [1.82, 2.24) is 0 Å². The summed E-state index contributed by atoms with van der Waals surface area (Å²) in [6, 6.07) is 2.29. The van der Waals surface area contributed by atoms with E-state index >= 15 is 0 Å². The molecule has 0 aromatic heterocycles. The first-order valence-corrected chi connectivity index (χ1v) is 5.58. The van der Waals surface area contributed by atoms with Gasteiger partial charge in [-0.05, 0) is 27.9 Å². The molecule has 0 fully saturated rings. The Kier molecular flexibility index (Phi) is 4.23. The third-order valence-electron chi connectivity index (χ3n) is 1.94. The minimum absolute atomic E-state index is 0.212. The van der Waals surface area contributed by atoms with Crippen LogP contribution in [-0.2, 0) is 0 Å². The molecule has 0 radical (unpaired) electrons. The van der Waals surface area contributed by atoms with Crippen LogP contribution in [0.1, 0.15) is 13.8 Å². The van der Waals surface area contributed by atoms with Crippen LogP contribution in [0.5, 0.6) is 0 Å². The number of hydrogen-bond donors (Lipinski definition) is 1. The van der Waals surface area contributed by atoms with E-state index in [1.165, 1.54) is 6.07 Å². The number of nitrogens with zero attached hydrogens (tertiary/aromatic N) is 1. The van der Waals surface area contributed by atoms with Gasteiger partial charge in [0.05, 0.1) is 15.5 Å². The molecule has 16 heavy (non-hydrogen) atoms. The lowest BCUT2D eigenvalue weighted by Crippen LogP contribution is -2.09. The number of nitro groups is 1. The predicted octanol–water partition coefficient (Wildman–Crippen LogP) is 3.56. The molecule has 88 valence electrons. The molecule has 1 aromatic rings. The Labute approximate surface area is 101 Å². The predicted molar refractivity (Wildman–Crippen MR) is 64.1 cm³/mol. The molecule has 0 aliphatic carbocycles. The number of rotatable bonds is 4. The van der Waals surface area contributed by atoms with Crippen LogP contribution in [-0.4, -0.2) is 11.5 Å². The maximum atomic E-state index is 13.1. The van der Waals surface area contributed by atoms with Gasteiger partial charge in [-0.1, -0.05) is 13.8 Å². The SMILES string of the molecule is CC(C)CNc1cc(Br)c(F)cc1[N+](=O)[O-]. The summed E-state index contributed by atoms with van der Waals surface area (Å²) in [7, 11) is 0. The Hall–Kier alpha value is -1.17. The van der Waals surface area contributed by atoms with Crippen LogP contribution in [0.25, 0.3) is 0 Å². The maximum Gasteiger partial charge on any atom is 0.295 e. The van der Waals surface area contributed by atoms with Crippen molar-refractivity contribution in [1.29, 1.82) is 0 Å². The van der Waals surface area contributed by atoms with E-state index in [0.29, 0.717) is 18.2 Å². The summed E-state index contributed by atoms with van der Waals surface area (Å²) in [5.41, 5.74) is 0.0772. The van der Waals surface area contributed by atoms with Crippen molar-refractivity contribution in [2.75, 3.05) is 11.9 Å². The number of nitro benzene ring substituents is 1. The first kappa shape index (κ1) is 12.9. The van der Waals surface area contributed by atoms with Gasteiger partial charge in [-0.15, -0.1) is 0 Å². The van der Waals surface area contributed by atoms with E-state index in [9.17, 15) is 14.5 Å². The average molecular weight is 291 g/mol. The Bertz CT molecular complexity index is 410. The topological polar surface area (TPSA) is 55.2 Å². The van der Waals surface area contributed by atoms with E-state index in [2.05, 4.69) is 21.2 Å². The monoisotopic (exact) mass is 290 g/mol. The van der Waals surface area contributed by atoms with Crippen molar-refractivity contribution in [3.8, 4) is 0 Å². The quantitative estimate of drug-likeness (QED) is 0.681. The van der Waals surface area contributed by atoms with Gasteiger partial charge in [0, 0.05) is 6.54 Å². The Morgan fingerprint density at radius 2 is 2.19 bits per heavy atom. The molecule has 1 aromatic carbocycles. The van der Waals surface area contributed by atoms with E-state index in [4.69, 9.17) is 0 Å². The van der Waals surface area contributed by atoms with Gasteiger partial charge in [-0.3, -0.25) is 10.1 Å². The number of nitrogens with one attached hydrogen (secondary N) is 1. The number of halogens is 2. The second kappa shape index (κ2) is 5.25. The van der Waals surface area contributed by atoms with E-state index in [1.807, 2.05) is 13.8 Å². The van der Waals surface area contributed by atoms with Crippen molar-refractivity contribution >= 4 is 27.3 Å². The average Bonchev–Trinajstić information content (AvgIpc) is 2.18. The van der Waals surface area contributed by atoms with E-state index in [-0.39, 0.29) is 10.2 Å². The molecule has 0 atom stereocenters. The Balaban J connectivity index is 3.05. The van der Waals surface area contributed by atoms with Gasteiger partial charge in [0.1, 0.15) is 11.5 Å². The highest BCUT2D eigenvalue weighted by Gasteiger charge is 2.17. The molecule has 1 rings (SSSR count). The normalized spacial score (nSPS) is 10.6.